The van der Waals surface area contributed by atoms with Gasteiger partial charge in [-0.05, 0) is 24.7 Å². The quantitative estimate of drug-likeness (QED) is 0.357. The molecule has 1 saturated carbocycles. The molecule has 1 aliphatic carbocycles. The van der Waals surface area contributed by atoms with Crippen LogP contribution in [-0.4, -0.2) is 52.3 Å². The Labute approximate surface area is 134 Å². The van der Waals surface area contributed by atoms with Gasteiger partial charge in [0.05, 0.1) is 13.2 Å². The van der Waals surface area contributed by atoms with Crippen LogP contribution in [0, 0.1) is 11.8 Å². The molecule has 1 fully saturated rings. The summed E-state index contributed by atoms with van der Waals surface area (Å²) in [6.07, 6.45) is 6.60. The average Bonchev–Trinajstić information content (AvgIpc) is 2.51. The van der Waals surface area contributed by atoms with Gasteiger partial charge in [-0.1, -0.05) is 26.2 Å². The van der Waals surface area contributed by atoms with Gasteiger partial charge < -0.3 is 20.7 Å². The topological polar surface area (TPSA) is 74.8 Å². The minimum absolute atomic E-state index is 0.0545. The molecule has 0 aromatic carbocycles. The Balaban J connectivity index is 2.13. The molecule has 6 nitrogen and oxygen atoms in total. The van der Waals surface area contributed by atoms with E-state index in [2.05, 4.69) is 27.9 Å². The highest BCUT2D eigenvalue weighted by Gasteiger charge is 2.18. The van der Waals surface area contributed by atoms with Crippen LogP contribution < -0.4 is 16.0 Å². The van der Waals surface area contributed by atoms with Crippen LogP contribution in [0.1, 0.15) is 39.0 Å². The van der Waals surface area contributed by atoms with Crippen LogP contribution in [0.4, 0.5) is 0 Å². The molecule has 6 heteroatoms. The molecule has 0 spiro atoms. The summed E-state index contributed by atoms with van der Waals surface area (Å²) >= 11 is 0. The van der Waals surface area contributed by atoms with E-state index in [0.717, 1.165) is 18.4 Å². The summed E-state index contributed by atoms with van der Waals surface area (Å²) in [5.74, 6) is 2.32. The van der Waals surface area contributed by atoms with Gasteiger partial charge in [-0.2, -0.15) is 0 Å². The van der Waals surface area contributed by atoms with Crippen LogP contribution >= 0.6 is 0 Å². The van der Waals surface area contributed by atoms with Crippen molar-refractivity contribution < 1.29 is 9.53 Å². The third-order valence-corrected chi connectivity index (χ3v) is 4.16. The van der Waals surface area contributed by atoms with Gasteiger partial charge in [-0.3, -0.25) is 9.79 Å². The van der Waals surface area contributed by atoms with Crippen LogP contribution in [0.3, 0.4) is 0 Å². The molecule has 2 unspecified atom stereocenters. The van der Waals surface area contributed by atoms with Crippen molar-refractivity contribution in [2.75, 3.05) is 40.4 Å². The zero-order valence-corrected chi connectivity index (χ0v) is 14.3. The van der Waals surface area contributed by atoms with Gasteiger partial charge in [-0.25, -0.2) is 0 Å². The molecule has 0 aliphatic heterocycles. The van der Waals surface area contributed by atoms with Crippen LogP contribution in [0.15, 0.2) is 4.99 Å². The molecule has 0 saturated heterocycles. The van der Waals surface area contributed by atoms with Gasteiger partial charge >= 0.3 is 0 Å². The molecule has 0 bridgehead atoms. The maximum absolute atomic E-state index is 11.6. The summed E-state index contributed by atoms with van der Waals surface area (Å²) in [4.78, 5) is 15.7. The Morgan fingerprint density at radius 1 is 1.23 bits per heavy atom. The largest absolute Gasteiger partial charge is 0.383 e. The van der Waals surface area contributed by atoms with Gasteiger partial charge in [0.15, 0.2) is 5.96 Å². The Morgan fingerprint density at radius 3 is 2.73 bits per heavy atom. The first-order chi connectivity index (χ1) is 10.7. The Kier molecular flexibility index (Phi) is 9.62. The van der Waals surface area contributed by atoms with Crippen molar-refractivity contribution in [3.8, 4) is 0 Å². The monoisotopic (exact) mass is 312 g/mol. The molecule has 1 aliphatic rings. The van der Waals surface area contributed by atoms with Crippen molar-refractivity contribution in [1.29, 1.82) is 0 Å². The zero-order valence-electron chi connectivity index (χ0n) is 14.3. The second-order valence-corrected chi connectivity index (χ2v) is 6.12. The first kappa shape index (κ1) is 18.7. The molecular formula is C16H32N4O2. The van der Waals surface area contributed by atoms with Crippen LogP contribution in [0.5, 0.6) is 0 Å². The molecule has 2 atom stereocenters. The summed E-state index contributed by atoms with van der Waals surface area (Å²) < 4.78 is 4.89. The highest BCUT2D eigenvalue weighted by atomic mass is 16.5. The molecule has 0 aromatic heterocycles. The van der Waals surface area contributed by atoms with E-state index >= 15 is 0 Å². The second-order valence-electron chi connectivity index (χ2n) is 6.12. The lowest BCUT2D eigenvalue weighted by Gasteiger charge is -2.26. The second kappa shape index (κ2) is 11.3. The van der Waals surface area contributed by atoms with E-state index in [4.69, 9.17) is 4.74 Å². The van der Waals surface area contributed by atoms with E-state index in [9.17, 15) is 4.79 Å². The first-order valence-electron chi connectivity index (χ1n) is 8.35. The van der Waals surface area contributed by atoms with E-state index < -0.39 is 0 Å². The Bertz CT molecular complexity index is 347. The van der Waals surface area contributed by atoms with Crippen molar-refractivity contribution in [3.05, 3.63) is 0 Å². The number of carbonyl (C=O) groups is 1. The smallest absolute Gasteiger partial charge is 0.239 e. The fraction of sp³-hybridized carbons (Fsp3) is 0.875. The minimum Gasteiger partial charge on any atom is -0.383 e. The first-order valence-corrected chi connectivity index (χ1v) is 8.35. The number of carbonyl (C=O) groups excluding carboxylic acids is 1. The summed E-state index contributed by atoms with van der Waals surface area (Å²) in [5.41, 5.74) is 0. The van der Waals surface area contributed by atoms with E-state index in [-0.39, 0.29) is 12.5 Å². The predicted molar refractivity (Wildman–Crippen MR) is 90.0 cm³/mol. The normalized spacial score (nSPS) is 22.2. The fourth-order valence-corrected chi connectivity index (χ4v) is 2.96. The van der Waals surface area contributed by atoms with Crippen molar-refractivity contribution in [3.63, 3.8) is 0 Å². The van der Waals surface area contributed by atoms with Crippen molar-refractivity contribution in [2.24, 2.45) is 16.8 Å². The molecule has 22 heavy (non-hydrogen) atoms. The molecule has 0 heterocycles. The van der Waals surface area contributed by atoms with Crippen molar-refractivity contribution in [2.45, 2.75) is 39.0 Å². The number of hydrogen-bond donors (Lipinski definition) is 3. The fourth-order valence-electron chi connectivity index (χ4n) is 2.96. The molecule has 0 radical (unpaired) electrons. The summed E-state index contributed by atoms with van der Waals surface area (Å²) in [6, 6.07) is 0. The Hall–Kier alpha value is -1.30. The van der Waals surface area contributed by atoms with E-state index in [1.165, 1.54) is 32.1 Å². The number of aliphatic imine (C=N–C) groups is 1. The number of hydrogen-bond acceptors (Lipinski definition) is 3. The van der Waals surface area contributed by atoms with Gasteiger partial charge in [0.25, 0.3) is 0 Å². The standard InChI is InChI=1S/C16H32N4O2/c1-13-5-4-6-14(11-13)7-8-19-16(17-2)20-12-15(21)18-9-10-22-3/h13-14H,4-12H2,1-3H3,(H,18,21)(H2,17,19,20). The summed E-state index contributed by atoms with van der Waals surface area (Å²) in [5, 5.41) is 9.08. The lowest BCUT2D eigenvalue weighted by molar-refractivity contribution is -0.120. The van der Waals surface area contributed by atoms with Gasteiger partial charge in [0, 0.05) is 27.2 Å². The SMILES string of the molecule is CN=C(NCCC1CCCC(C)C1)NCC(=O)NCCOC. The van der Waals surface area contributed by atoms with Crippen molar-refractivity contribution >= 4 is 11.9 Å². The Morgan fingerprint density at radius 2 is 2.05 bits per heavy atom. The maximum Gasteiger partial charge on any atom is 0.239 e. The molecule has 1 amide bonds. The van der Waals surface area contributed by atoms with E-state index in [1.807, 2.05) is 0 Å². The number of nitrogens with one attached hydrogen (secondary N) is 3. The number of methoxy groups -OCH3 is 1. The number of amides is 1. The lowest BCUT2D eigenvalue weighted by Crippen LogP contribution is -2.44. The molecule has 0 aromatic rings. The van der Waals surface area contributed by atoms with Crippen molar-refractivity contribution in [1.82, 2.24) is 16.0 Å². The minimum atomic E-state index is -0.0545. The number of rotatable bonds is 8. The highest BCUT2D eigenvalue weighted by Crippen LogP contribution is 2.30. The molecular weight excluding hydrogens is 280 g/mol. The van der Waals surface area contributed by atoms with E-state index in [0.29, 0.717) is 19.1 Å². The van der Waals surface area contributed by atoms with Gasteiger partial charge in [-0.15, -0.1) is 0 Å². The van der Waals surface area contributed by atoms with Crippen LogP contribution in [0.25, 0.3) is 0 Å². The van der Waals surface area contributed by atoms with Crippen LogP contribution in [0.2, 0.25) is 0 Å². The summed E-state index contributed by atoms with van der Waals surface area (Å²) in [6.45, 7) is 4.54. The number of guanidine groups is 1. The molecule has 3 N–H and O–H groups in total. The number of nitrogens with zero attached hydrogens (tertiary/aromatic N) is 1. The maximum atomic E-state index is 11.6. The molecule has 1 rings (SSSR count). The van der Waals surface area contributed by atoms with E-state index in [1.54, 1.807) is 14.2 Å². The lowest BCUT2D eigenvalue weighted by atomic mass is 9.81. The number of ether oxygens (including phenoxy) is 1. The third kappa shape index (κ3) is 8.22. The van der Waals surface area contributed by atoms with Crippen LogP contribution in [-0.2, 0) is 9.53 Å². The molecule has 128 valence electrons. The predicted octanol–water partition coefficient (Wildman–Crippen LogP) is 1.13. The zero-order chi connectivity index (χ0) is 16.2. The highest BCUT2D eigenvalue weighted by molar-refractivity contribution is 5.86. The van der Waals surface area contributed by atoms with Gasteiger partial charge in [0.1, 0.15) is 0 Å². The average molecular weight is 312 g/mol. The third-order valence-electron chi connectivity index (χ3n) is 4.16. The van der Waals surface area contributed by atoms with Gasteiger partial charge in [0.2, 0.25) is 5.91 Å². The summed E-state index contributed by atoms with van der Waals surface area (Å²) in [7, 11) is 3.34.